The molecule has 0 N–H and O–H groups in total. The molecule has 20 heavy (non-hydrogen) atoms. The average molecular weight is 299 g/mol. The summed E-state index contributed by atoms with van der Waals surface area (Å²) >= 11 is 5.95. The molecule has 0 aliphatic heterocycles. The monoisotopic (exact) mass is 298 g/mol. The van der Waals surface area contributed by atoms with Crippen LogP contribution in [0.3, 0.4) is 0 Å². The summed E-state index contributed by atoms with van der Waals surface area (Å²) < 4.78 is 22.3. The summed E-state index contributed by atoms with van der Waals surface area (Å²) in [5.41, 5.74) is 0.536. The third-order valence-electron chi connectivity index (χ3n) is 2.96. The fourth-order valence-electron chi connectivity index (χ4n) is 1.86. The van der Waals surface area contributed by atoms with Crippen molar-refractivity contribution in [1.29, 1.82) is 0 Å². The molecule has 0 saturated heterocycles. The first-order valence-electron chi connectivity index (χ1n) is 6.22. The van der Waals surface area contributed by atoms with Gasteiger partial charge in [0.05, 0.1) is 16.8 Å². The van der Waals surface area contributed by atoms with E-state index in [1.165, 1.54) is 15.2 Å². The second kappa shape index (κ2) is 5.32. The Hall–Kier alpha value is -1.75. The van der Waals surface area contributed by atoms with Crippen molar-refractivity contribution in [2.45, 2.75) is 26.9 Å². The lowest BCUT2D eigenvalue weighted by atomic mass is 10.2. The minimum Gasteiger partial charge on any atom is -0.489 e. The minimum absolute atomic E-state index is 0.0972. The van der Waals surface area contributed by atoms with Gasteiger partial charge in [0, 0.05) is 25.0 Å². The predicted molar refractivity (Wildman–Crippen MR) is 76.5 cm³/mol. The molecule has 0 bridgehead atoms. The van der Waals surface area contributed by atoms with Crippen LogP contribution in [0, 0.1) is 12.7 Å². The first-order valence-corrected chi connectivity index (χ1v) is 6.60. The molecule has 4 nitrogen and oxygen atoms in total. The lowest BCUT2D eigenvalue weighted by Gasteiger charge is -2.13. The molecular weight excluding hydrogens is 283 g/mol. The van der Waals surface area contributed by atoms with Crippen LogP contribution in [0.1, 0.15) is 19.5 Å². The smallest absolute Gasteiger partial charge is 0.332 e. The molecule has 0 aliphatic rings. The highest BCUT2D eigenvalue weighted by Gasteiger charge is 2.15. The molecule has 0 aliphatic carbocycles. The van der Waals surface area contributed by atoms with E-state index in [2.05, 4.69) is 0 Å². The molecule has 0 amide bonds. The summed E-state index contributed by atoms with van der Waals surface area (Å²) in [5.74, 6) is -0.217. The van der Waals surface area contributed by atoms with Gasteiger partial charge >= 0.3 is 5.69 Å². The minimum atomic E-state index is -0.571. The van der Waals surface area contributed by atoms with Crippen LogP contribution in [0.5, 0.6) is 5.75 Å². The van der Waals surface area contributed by atoms with Gasteiger partial charge in [-0.15, -0.1) is 0 Å². The van der Waals surface area contributed by atoms with Gasteiger partial charge in [-0.3, -0.25) is 9.13 Å². The van der Waals surface area contributed by atoms with E-state index < -0.39 is 5.82 Å². The van der Waals surface area contributed by atoms with Crippen molar-refractivity contribution in [3.05, 3.63) is 45.3 Å². The highest BCUT2D eigenvalue weighted by atomic mass is 35.5. The number of nitrogens with zero attached hydrogens (tertiary/aromatic N) is 2. The Balaban J connectivity index is 2.62. The van der Waals surface area contributed by atoms with Crippen molar-refractivity contribution in [3.63, 3.8) is 0 Å². The highest BCUT2D eigenvalue weighted by Crippen LogP contribution is 2.30. The van der Waals surface area contributed by atoms with E-state index in [-0.39, 0.29) is 22.5 Å². The SMILES string of the molecule is Cc1cn(-c2cc(OC(C)C)c(Cl)cc2F)c(=O)n1C. The number of rotatable bonds is 3. The summed E-state index contributed by atoms with van der Waals surface area (Å²) in [4.78, 5) is 12.0. The Morgan fingerprint density at radius 2 is 2.00 bits per heavy atom. The maximum Gasteiger partial charge on any atom is 0.332 e. The summed E-state index contributed by atoms with van der Waals surface area (Å²) in [6.45, 7) is 5.47. The van der Waals surface area contributed by atoms with Gasteiger partial charge in [0.1, 0.15) is 11.6 Å². The fraction of sp³-hybridized carbons (Fsp3) is 0.357. The molecule has 0 fully saturated rings. The molecule has 108 valence electrons. The summed E-state index contributed by atoms with van der Waals surface area (Å²) in [6, 6.07) is 2.60. The lowest BCUT2D eigenvalue weighted by Crippen LogP contribution is -2.22. The molecule has 0 saturated carbocycles. The topological polar surface area (TPSA) is 36.2 Å². The summed E-state index contributed by atoms with van der Waals surface area (Å²) in [7, 11) is 1.63. The molecular formula is C14H16ClFN2O2. The number of ether oxygens (including phenoxy) is 1. The van der Waals surface area contributed by atoms with Gasteiger partial charge in [-0.05, 0) is 26.8 Å². The molecule has 0 atom stereocenters. The zero-order valence-corrected chi connectivity index (χ0v) is 12.5. The number of aromatic nitrogens is 2. The van der Waals surface area contributed by atoms with Gasteiger partial charge in [-0.2, -0.15) is 0 Å². The van der Waals surface area contributed by atoms with Crippen LogP contribution >= 0.6 is 11.6 Å². The van der Waals surface area contributed by atoms with Crippen molar-refractivity contribution < 1.29 is 9.13 Å². The normalized spacial score (nSPS) is 11.2. The average Bonchev–Trinajstić information content (AvgIpc) is 2.60. The zero-order valence-electron chi connectivity index (χ0n) is 11.8. The van der Waals surface area contributed by atoms with E-state index in [0.717, 1.165) is 11.8 Å². The van der Waals surface area contributed by atoms with E-state index in [9.17, 15) is 9.18 Å². The van der Waals surface area contributed by atoms with E-state index >= 15 is 0 Å². The number of halogens is 2. The van der Waals surface area contributed by atoms with Gasteiger partial charge in [-0.1, -0.05) is 11.6 Å². The first kappa shape index (κ1) is 14.7. The Kier molecular flexibility index (Phi) is 3.90. The molecule has 2 aromatic rings. The molecule has 0 unspecified atom stereocenters. The van der Waals surface area contributed by atoms with Crippen LogP contribution in [0.2, 0.25) is 5.02 Å². The number of benzene rings is 1. The van der Waals surface area contributed by atoms with E-state index in [0.29, 0.717) is 5.75 Å². The fourth-order valence-corrected chi connectivity index (χ4v) is 2.06. The van der Waals surface area contributed by atoms with Crippen molar-refractivity contribution in [2.75, 3.05) is 0 Å². The Morgan fingerprint density at radius 1 is 1.35 bits per heavy atom. The lowest BCUT2D eigenvalue weighted by molar-refractivity contribution is 0.242. The van der Waals surface area contributed by atoms with Gasteiger partial charge < -0.3 is 4.74 Å². The van der Waals surface area contributed by atoms with Crippen LogP contribution in [0.4, 0.5) is 4.39 Å². The molecule has 1 aromatic heterocycles. The molecule has 2 rings (SSSR count). The van der Waals surface area contributed by atoms with Crippen LogP contribution in [0.15, 0.2) is 23.1 Å². The first-order chi connectivity index (χ1) is 9.31. The second-order valence-corrected chi connectivity index (χ2v) is 5.29. The van der Waals surface area contributed by atoms with Gasteiger partial charge in [-0.25, -0.2) is 9.18 Å². The number of aryl methyl sites for hydroxylation is 1. The van der Waals surface area contributed by atoms with Crippen LogP contribution in [-0.2, 0) is 7.05 Å². The number of hydrogen-bond acceptors (Lipinski definition) is 2. The maximum absolute atomic E-state index is 14.1. The third kappa shape index (κ3) is 2.58. The molecule has 1 aromatic carbocycles. The van der Waals surface area contributed by atoms with Crippen LogP contribution in [0.25, 0.3) is 5.69 Å². The standard InChI is InChI=1S/C14H16ClFN2O2/c1-8(2)20-13-6-12(11(16)5-10(13)15)18-7-9(3)17(4)14(18)19/h5-8H,1-4H3. The molecule has 1 heterocycles. The van der Waals surface area contributed by atoms with E-state index in [1.54, 1.807) is 20.2 Å². The van der Waals surface area contributed by atoms with Gasteiger partial charge in [0.25, 0.3) is 0 Å². The number of imidazole rings is 1. The van der Waals surface area contributed by atoms with E-state index in [4.69, 9.17) is 16.3 Å². The second-order valence-electron chi connectivity index (χ2n) is 4.88. The van der Waals surface area contributed by atoms with E-state index in [1.807, 2.05) is 13.8 Å². The van der Waals surface area contributed by atoms with Crippen molar-refractivity contribution in [1.82, 2.24) is 9.13 Å². The van der Waals surface area contributed by atoms with Gasteiger partial charge in [0.2, 0.25) is 0 Å². The largest absolute Gasteiger partial charge is 0.489 e. The summed E-state index contributed by atoms with van der Waals surface area (Å²) in [6.07, 6.45) is 1.48. The molecule has 0 radical (unpaired) electrons. The van der Waals surface area contributed by atoms with Crippen molar-refractivity contribution in [2.24, 2.45) is 7.05 Å². The van der Waals surface area contributed by atoms with Crippen LogP contribution < -0.4 is 10.4 Å². The Morgan fingerprint density at radius 3 is 2.50 bits per heavy atom. The quantitative estimate of drug-likeness (QED) is 0.873. The third-order valence-corrected chi connectivity index (χ3v) is 3.26. The van der Waals surface area contributed by atoms with Gasteiger partial charge in [0.15, 0.2) is 0 Å². The van der Waals surface area contributed by atoms with Crippen molar-refractivity contribution in [3.8, 4) is 11.4 Å². The highest BCUT2D eigenvalue weighted by molar-refractivity contribution is 6.32. The molecule has 0 spiro atoms. The number of hydrogen-bond donors (Lipinski definition) is 0. The molecule has 6 heteroatoms. The zero-order chi connectivity index (χ0) is 15.0. The predicted octanol–water partition coefficient (Wildman–Crippen LogP) is 3.06. The maximum atomic E-state index is 14.1. The van der Waals surface area contributed by atoms with Crippen LogP contribution in [-0.4, -0.2) is 15.2 Å². The Labute approximate surface area is 121 Å². The summed E-state index contributed by atoms with van der Waals surface area (Å²) in [5, 5.41) is 0.181. The van der Waals surface area contributed by atoms with Crippen molar-refractivity contribution >= 4 is 11.6 Å². The Bertz CT molecular complexity index is 704.